The van der Waals surface area contributed by atoms with E-state index in [0.29, 0.717) is 5.56 Å². The first-order valence-corrected chi connectivity index (χ1v) is 6.98. The van der Waals surface area contributed by atoms with Crippen molar-refractivity contribution in [2.24, 2.45) is 5.10 Å². The summed E-state index contributed by atoms with van der Waals surface area (Å²) < 4.78 is 29.5. The van der Waals surface area contributed by atoms with Crippen molar-refractivity contribution >= 4 is 17.9 Å². The molecule has 11 heteroatoms. The maximum Gasteiger partial charge on any atom is 0.389 e. The first-order chi connectivity index (χ1) is 11.9. The number of alkyl halides is 2. The summed E-state index contributed by atoms with van der Waals surface area (Å²) in [6, 6.07) is 6.92. The van der Waals surface area contributed by atoms with Crippen LogP contribution in [0.5, 0.6) is 5.75 Å². The van der Waals surface area contributed by atoms with Crippen LogP contribution in [0.4, 0.5) is 14.6 Å². The third kappa shape index (κ3) is 5.97. The molecule has 0 radical (unpaired) electrons. The second kappa shape index (κ2) is 8.47. The number of aryl methyl sites for hydroxylation is 1. The molecule has 0 saturated carbocycles. The molecule has 2 aromatic rings. The lowest BCUT2D eigenvalue weighted by Gasteiger charge is -2.03. The molecule has 1 amide bonds. The van der Waals surface area contributed by atoms with Crippen LogP contribution >= 0.6 is 0 Å². The second-order valence-corrected chi connectivity index (χ2v) is 4.68. The van der Waals surface area contributed by atoms with Crippen LogP contribution in [-0.4, -0.2) is 33.4 Å². The fourth-order valence-electron chi connectivity index (χ4n) is 1.76. The molecule has 132 valence electrons. The van der Waals surface area contributed by atoms with E-state index in [-0.39, 0.29) is 24.5 Å². The number of benzene rings is 1. The zero-order valence-corrected chi connectivity index (χ0v) is 12.7. The summed E-state index contributed by atoms with van der Waals surface area (Å²) in [6.07, 6.45) is 2.76. The van der Waals surface area contributed by atoms with Gasteiger partial charge < -0.3 is 14.9 Å². The third-order valence-electron chi connectivity index (χ3n) is 2.89. The Kier molecular flexibility index (Phi) is 6.09. The maximum atomic E-state index is 12.0. The number of rotatable bonds is 8. The van der Waals surface area contributed by atoms with Gasteiger partial charge in [0.15, 0.2) is 0 Å². The molecule has 25 heavy (non-hydrogen) atoms. The van der Waals surface area contributed by atoms with Crippen molar-refractivity contribution in [3.05, 3.63) is 52.2 Å². The van der Waals surface area contributed by atoms with Crippen LogP contribution in [0.15, 0.2) is 41.6 Å². The average molecular weight is 353 g/mol. The van der Waals surface area contributed by atoms with Gasteiger partial charge in [-0.25, -0.2) is 5.43 Å². The van der Waals surface area contributed by atoms with Gasteiger partial charge in [-0.3, -0.25) is 4.79 Å². The van der Waals surface area contributed by atoms with Crippen molar-refractivity contribution in [1.29, 1.82) is 0 Å². The zero-order valence-electron chi connectivity index (χ0n) is 12.7. The van der Waals surface area contributed by atoms with Gasteiger partial charge in [-0.15, -0.1) is 0 Å². The number of halogens is 2. The van der Waals surface area contributed by atoms with Gasteiger partial charge >= 0.3 is 12.4 Å². The lowest BCUT2D eigenvalue weighted by atomic mass is 10.2. The minimum Gasteiger partial charge on any atom is -0.435 e. The number of hydrogen-bond donors (Lipinski definition) is 1. The molecule has 0 aliphatic carbocycles. The van der Waals surface area contributed by atoms with Crippen LogP contribution in [0.25, 0.3) is 0 Å². The summed E-state index contributed by atoms with van der Waals surface area (Å²) >= 11 is 0. The molecule has 9 nitrogen and oxygen atoms in total. The summed E-state index contributed by atoms with van der Waals surface area (Å²) in [6.45, 7) is -2.73. The number of nitrogens with zero attached hydrogens (tertiary/aromatic N) is 4. The quantitative estimate of drug-likeness (QED) is 0.443. The summed E-state index contributed by atoms with van der Waals surface area (Å²) in [5.74, 6) is -0.686. The molecule has 0 aliphatic rings. The Morgan fingerprint density at radius 3 is 2.72 bits per heavy atom. The van der Waals surface area contributed by atoms with Gasteiger partial charge in [0.05, 0.1) is 30.1 Å². The van der Waals surface area contributed by atoms with E-state index in [9.17, 15) is 23.7 Å². The predicted molar refractivity (Wildman–Crippen MR) is 82.3 cm³/mol. The summed E-state index contributed by atoms with van der Waals surface area (Å²) in [5, 5.41) is 17.9. The normalized spacial score (nSPS) is 11.0. The highest BCUT2D eigenvalue weighted by Gasteiger charge is 2.11. The van der Waals surface area contributed by atoms with Gasteiger partial charge in [0.2, 0.25) is 5.91 Å². The highest BCUT2D eigenvalue weighted by Crippen LogP contribution is 2.13. The standard InChI is InChI=1S/C14H13F2N5O4/c15-14(16)25-11-3-1-10(2-4-11)9-17-18-13(22)6-8-20-7-5-12(19-20)21(23)24/h1-5,7,9,14H,6,8H2,(H,18,22)/b17-9+. The fraction of sp³-hybridized carbons (Fsp3) is 0.214. The van der Waals surface area contributed by atoms with E-state index in [1.165, 1.54) is 47.4 Å². The topological polar surface area (TPSA) is 112 Å². The number of nitro groups is 1. The number of carbonyl (C=O) groups is 1. The number of nitrogens with one attached hydrogen (secondary N) is 1. The van der Waals surface area contributed by atoms with E-state index < -0.39 is 17.4 Å². The van der Waals surface area contributed by atoms with Crippen LogP contribution in [0.2, 0.25) is 0 Å². The Morgan fingerprint density at radius 2 is 2.12 bits per heavy atom. The third-order valence-corrected chi connectivity index (χ3v) is 2.89. The molecule has 0 saturated heterocycles. The molecular formula is C14H13F2N5O4. The Hall–Kier alpha value is -3.37. The highest BCUT2D eigenvalue weighted by molar-refractivity contribution is 5.82. The maximum absolute atomic E-state index is 12.0. The van der Waals surface area contributed by atoms with E-state index in [4.69, 9.17) is 0 Å². The predicted octanol–water partition coefficient (Wildman–Crippen LogP) is 1.93. The van der Waals surface area contributed by atoms with Gasteiger partial charge in [0.1, 0.15) is 5.75 Å². The summed E-state index contributed by atoms with van der Waals surface area (Å²) in [5.41, 5.74) is 2.86. The van der Waals surface area contributed by atoms with Crippen molar-refractivity contribution in [1.82, 2.24) is 15.2 Å². The van der Waals surface area contributed by atoms with Crippen LogP contribution in [0, 0.1) is 10.1 Å². The number of ether oxygens (including phenoxy) is 1. The Morgan fingerprint density at radius 1 is 1.40 bits per heavy atom. The van der Waals surface area contributed by atoms with Gasteiger partial charge in [-0.1, -0.05) is 0 Å². The molecule has 0 atom stereocenters. The van der Waals surface area contributed by atoms with Crippen molar-refractivity contribution in [3.63, 3.8) is 0 Å². The molecule has 0 fully saturated rings. The number of carbonyl (C=O) groups excluding carboxylic acids is 1. The van der Waals surface area contributed by atoms with E-state index in [2.05, 4.69) is 20.4 Å². The molecule has 0 spiro atoms. The first-order valence-electron chi connectivity index (χ1n) is 6.98. The molecule has 0 aliphatic heterocycles. The van der Waals surface area contributed by atoms with Crippen LogP contribution in [0.1, 0.15) is 12.0 Å². The molecule has 1 heterocycles. The monoisotopic (exact) mass is 353 g/mol. The molecule has 1 N–H and O–H groups in total. The minimum absolute atomic E-state index is 0.0181. The summed E-state index contributed by atoms with van der Waals surface area (Å²) in [4.78, 5) is 21.5. The number of hydrazone groups is 1. The van der Waals surface area contributed by atoms with Crippen molar-refractivity contribution in [2.45, 2.75) is 19.6 Å². The number of aromatic nitrogens is 2. The molecule has 2 rings (SSSR count). The Labute approximate surface area is 140 Å². The van der Waals surface area contributed by atoms with Crippen molar-refractivity contribution in [2.75, 3.05) is 0 Å². The van der Waals surface area contributed by atoms with Gasteiger partial charge in [0.25, 0.3) is 0 Å². The largest absolute Gasteiger partial charge is 0.435 e. The molecule has 1 aromatic carbocycles. The van der Waals surface area contributed by atoms with E-state index in [0.717, 1.165) is 0 Å². The molecular weight excluding hydrogens is 340 g/mol. The van der Waals surface area contributed by atoms with Gasteiger partial charge in [0, 0.05) is 6.42 Å². The number of hydrogen-bond acceptors (Lipinski definition) is 6. The lowest BCUT2D eigenvalue weighted by Crippen LogP contribution is -2.19. The highest BCUT2D eigenvalue weighted by atomic mass is 19.3. The van der Waals surface area contributed by atoms with E-state index in [1.807, 2.05) is 0 Å². The summed E-state index contributed by atoms with van der Waals surface area (Å²) in [7, 11) is 0. The van der Waals surface area contributed by atoms with Crippen LogP contribution in [-0.2, 0) is 11.3 Å². The average Bonchev–Trinajstić information content (AvgIpc) is 3.03. The zero-order chi connectivity index (χ0) is 18.2. The first kappa shape index (κ1) is 18.0. The van der Waals surface area contributed by atoms with Crippen LogP contribution < -0.4 is 10.2 Å². The Balaban J connectivity index is 1.76. The van der Waals surface area contributed by atoms with Gasteiger partial charge in [-0.2, -0.15) is 18.6 Å². The van der Waals surface area contributed by atoms with Crippen molar-refractivity contribution in [3.8, 4) is 5.75 Å². The van der Waals surface area contributed by atoms with E-state index >= 15 is 0 Å². The van der Waals surface area contributed by atoms with Gasteiger partial charge in [-0.05, 0) is 34.8 Å². The lowest BCUT2D eigenvalue weighted by molar-refractivity contribution is -0.389. The van der Waals surface area contributed by atoms with E-state index in [1.54, 1.807) is 0 Å². The smallest absolute Gasteiger partial charge is 0.389 e. The minimum atomic E-state index is -2.89. The SMILES string of the molecule is O=C(CCn1ccc([N+](=O)[O-])n1)N/N=C/c1ccc(OC(F)F)cc1. The Bertz CT molecular complexity index is 761. The second-order valence-electron chi connectivity index (χ2n) is 4.68. The van der Waals surface area contributed by atoms with Crippen LogP contribution in [0.3, 0.4) is 0 Å². The number of amides is 1. The fourth-order valence-corrected chi connectivity index (χ4v) is 1.76. The molecule has 0 bridgehead atoms. The molecule has 1 aromatic heterocycles. The molecule has 0 unspecified atom stereocenters. The van der Waals surface area contributed by atoms with Crippen molar-refractivity contribution < 1.29 is 23.2 Å².